The summed E-state index contributed by atoms with van der Waals surface area (Å²) in [5.41, 5.74) is 0.454. The van der Waals surface area contributed by atoms with Crippen LogP contribution in [0.4, 0.5) is 5.69 Å². The number of methoxy groups -OCH3 is 1. The molecule has 0 fully saturated rings. The van der Waals surface area contributed by atoms with E-state index >= 15 is 0 Å². The Morgan fingerprint density at radius 3 is 2.30 bits per heavy atom. The van der Waals surface area contributed by atoms with E-state index in [9.17, 15) is 8.42 Å². The number of hydrogen-bond acceptors (Lipinski definition) is 3. The van der Waals surface area contributed by atoms with Crippen LogP contribution >= 0.6 is 11.6 Å². The molecule has 20 heavy (non-hydrogen) atoms. The molecule has 0 atom stereocenters. The maximum atomic E-state index is 12.6. The Labute approximate surface area is 123 Å². The van der Waals surface area contributed by atoms with Crippen LogP contribution in [0.25, 0.3) is 0 Å². The molecule has 0 aliphatic carbocycles. The molecule has 0 aromatic heterocycles. The first-order valence-corrected chi connectivity index (χ1v) is 7.66. The Bertz CT molecular complexity index is 716. The Morgan fingerprint density at radius 2 is 1.65 bits per heavy atom. The van der Waals surface area contributed by atoms with Gasteiger partial charge in [0.15, 0.2) is 0 Å². The summed E-state index contributed by atoms with van der Waals surface area (Å²) in [6.45, 7) is 0. The summed E-state index contributed by atoms with van der Waals surface area (Å²) in [5, 5.41) is 0.189. The topological polar surface area (TPSA) is 46.6 Å². The minimum atomic E-state index is -3.73. The first-order valence-electron chi connectivity index (χ1n) is 5.85. The normalized spacial score (nSPS) is 11.2. The molecule has 106 valence electrons. The third kappa shape index (κ3) is 2.59. The molecular weight excluding hydrogens is 298 g/mol. The fourth-order valence-electron chi connectivity index (χ4n) is 1.82. The van der Waals surface area contributed by atoms with Crippen LogP contribution in [0.15, 0.2) is 53.4 Å². The summed E-state index contributed by atoms with van der Waals surface area (Å²) >= 11 is 5.98. The largest absolute Gasteiger partial charge is 0.495 e. The van der Waals surface area contributed by atoms with Crippen LogP contribution < -0.4 is 9.04 Å². The van der Waals surface area contributed by atoms with Crippen molar-refractivity contribution >= 4 is 27.3 Å². The number of sulfonamides is 1. The Hall–Kier alpha value is -1.72. The van der Waals surface area contributed by atoms with Gasteiger partial charge in [-0.2, -0.15) is 0 Å². The summed E-state index contributed by atoms with van der Waals surface area (Å²) in [6, 6.07) is 13.2. The summed E-state index contributed by atoms with van der Waals surface area (Å²) in [6.07, 6.45) is 0. The predicted octanol–water partition coefficient (Wildman–Crippen LogP) is 3.17. The Kier molecular flexibility index (Phi) is 4.20. The number of halogens is 1. The molecule has 2 rings (SSSR count). The van der Waals surface area contributed by atoms with Gasteiger partial charge in [0.2, 0.25) is 0 Å². The predicted molar refractivity (Wildman–Crippen MR) is 80.0 cm³/mol. The van der Waals surface area contributed by atoms with E-state index in [0.29, 0.717) is 11.4 Å². The number of hydrogen-bond donors (Lipinski definition) is 0. The molecule has 0 bridgehead atoms. The maximum Gasteiger partial charge on any atom is 0.265 e. The van der Waals surface area contributed by atoms with E-state index < -0.39 is 10.0 Å². The zero-order valence-electron chi connectivity index (χ0n) is 11.1. The lowest BCUT2D eigenvalue weighted by Gasteiger charge is -2.22. The lowest BCUT2D eigenvalue weighted by Crippen LogP contribution is -2.27. The third-order valence-electron chi connectivity index (χ3n) is 2.90. The molecule has 0 unspecified atom stereocenters. The van der Waals surface area contributed by atoms with Crippen LogP contribution in [0.1, 0.15) is 0 Å². The molecule has 0 aliphatic rings. The van der Waals surface area contributed by atoms with Crippen molar-refractivity contribution < 1.29 is 13.2 Å². The van der Waals surface area contributed by atoms with Gasteiger partial charge in [-0.05, 0) is 24.3 Å². The van der Waals surface area contributed by atoms with Crippen LogP contribution in [0.2, 0.25) is 5.02 Å². The van der Waals surface area contributed by atoms with Crippen molar-refractivity contribution in [1.29, 1.82) is 0 Å². The van der Waals surface area contributed by atoms with Gasteiger partial charge in [0.05, 0.1) is 17.8 Å². The van der Waals surface area contributed by atoms with Gasteiger partial charge < -0.3 is 4.74 Å². The fourth-order valence-corrected chi connectivity index (χ4v) is 3.52. The number of ether oxygens (including phenoxy) is 1. The summed E-state index contributed by atoms with van der Waals surface area (Å²) < 4.78 is 31.6. The van der Waals surface area contributed by atoms with Crippen molar-refractivity contribution in [2.24, 2.45) is 0 Å². The molecule has 2 aromatic carbocycles. The number of nitrogens with zero attached hydrogens (tertiary/aromatic N) is 1. The third-order valence-corrected chi connectivity index (χ3v) is 5.17. The van der Waals surface area contributed by atoms with E-state index in [4.69, 9.17) is 16.3 Å². The molecule has 4 nitrogen and oxygen atoms in total. The van der Waals surface area contributed by atoms with E-state index in [2.05, 4.69) is 0 Å². The van der Waals surface area contributed by atoms with Crippen LogP contribution in [0.3, 0.4) is 0 Å². The number of anilines is 1. The minimum absolute atomic E-state index is 0.0649. The molecule has 0 saturated heterocycles. The van der Waals surface area contributed by atoms with E-state index in [-0.39, 0.29) is 9.92 Å². The smallest absolute Gasteiger partial charge is 0.265 e. The molecule has 6 heteroatoms. The molecule has 0 amide bonds. The fraction of sp³-hybridized carbons (Fsp3) is 0.143. The highest BCUT2D eigenvalue weighted by Crippen LogP contribution is 2.32. The molecule has 0 spiro atoms. The molecule has 0 heterocycles. The SMILES string of the molecule is COc1ccccc1N(C)S(=O)(=O)c1ccccc1Cl. The second-order valence-corrected chi connectivity index (χ2v) is 6.42. The van der Waals surface area contributed by atoms with Crippen molar-refractivity contribution in [1.82, 2.24) is 0 Å². The van der Waals surface area contributed by atoms with Crippen molar-refractivity contribution in [3.63, 3.8) is 0 Å². The van der Waals surface area contributed by atoms with Crippen LogP contribution in [0, 0.1) is 0 Å². The van der Waals surface area contributed by atoms with Gasteiger partial charge in [0.1, 0.15) is 10.6 Å². The Balaban J connectivity index is 2.52. The quantitative estimate of drug-likeness (QED) is 0.871. The van der Waals surface area contributed by atoms with Gasteiger partial charge in [-0.3, -0.25) is 4.31 Å². The van der Waals surface area contributed by atoms with Crippen LogP contribution in [-0.4, -0.2) is 22.6 Å². The van der Waals surface area contributed by atoms with Crippen molar-refractivity contribution in [2.75, 3.05) is 18.5 Å². The number of para-hydroxylation sites is 2. The van der Waals surface area contributed by atoms with E-state index in [1.54, 1.807) is 42.5 Å². The summed E-state index contributed by atoms with van der Waals surface area (Å²) in [5.74, 6) is 0.477. The van der Waals surface area contributed by atoms with Crippen LogP contribution in [-0.2, 0) is 10.0 Å². The van der Waals surface area contributed by atoms with E-state index in [1.165, 1.54) is 20.2 Å². The summed E-state index contributed by atoms with van der Waals surface area (Å²) in [4.78, 5) is 0.0649. The molecule has 0 radical (unpaired) electrons. The van der Waals surface area contributed by atoms with Gasteiger partial charge in [0.25, 0.3) is 10.0 Å². The second kappa shape index (κ2) is 5.73. The van der Waals surface area contributed by atoms with Crippen LogP contribution in [0.5, 0.6) is 5.75 Å². The maximum absolute atomic E-state index is 12.6. The average molecular weight is 312 g/mol. The van der Waals surface area contributed by atoms with E-state index in [1.807, 2.05) is 0 Å². The average Bonchev–Trinajstić information content (AvgIpc) is 2.46. The van der Waals surface area contributed by atoms with Gasteiger partial charge >= 0.3 is 0 Å². The van der Waals surface area contributed by atoms with Gasteiger partial charge in [-0.15, -0.1) is 0 Å². The lowest BCUT2D eigenvalue weighted by atomic mass is 10.3. The first kappa shape index (κ1) is 14.7. The van der Waals surface area contributed by atoms with Crippen molar-refractivity contribution in [3.05, 3.63) is 53.6 Å². The molecule has 0 aliphatic heterocycles. The lowest BCUT2D eigenvalue weighted by molar-refractivity contribution is 0.416. The van der Waals surface area contributed by atoms with Gasteiger partial charge in [-0.1, -0.05) is 35.9 Å². The number of benzene rings is 2. The number of rotatable bonds is 4. The molecule has 0 N–H and O–H groups in total. The van der Waals surface area contributed by atoms with Gasteiger partial charge in [-0.25, -0.2) is 8.42 Å². The van der Waals surface area contributed by atoms with E-state index in [0.717, 1.165) is 4.31 Å². The zero-order valence-corrected chi connectivity index (χ0v) is 12.6. The van der Waals surface area contributed by atoms with Crippen molar-refractivity contribution in [2.45, 2.75) is 4.90 Å². The van der Waals surface area contributed by atoms with Crippen molar-refractivity contribution in [3.8, 4) is 5.75 Å². The monoisotopic (exact) mass is 311 g/mol. The summed E-state index contributed by atoms with van der Waals surface area (Å²) in [7, 11) is -0.770. The van der Waals surface area contributed by atoms with Gasteiger partial charge in [0, 0.05) is 7.05 Å². The second-order valence-electron chi connectivity index (χ2n) is 4.07. The highest BCUT2D eigenvalue weighted by Gasteiger charge is 2.25. The Morgan fingerprint density at radius 1 is 1.05 bits per heavy atom. The molecule has 2 aromatic rings. The highest BCUT2D eigenvalue weighted by atomic mass is 35.5. The highest BCUT2D eigenvalue weighted by molar-refractivity contribution is 7.93. The molecule has 0 saturated carbocycles. The molecular formula is C14H14ClNO3S. The minimum Gasteiger partial charge on any atom is -0.495 e. The standard InChI is InChI=1S/C14H14ClNO3S/c1-16(12-8-4-5-9-13(12)19-2)20(17,18)14-10-6-3-7-11(14)15/h3-10H,1-2H3. The zero-order chi connectivity index (χ0) is 14.8. The first-order chi connectivity index (χ1) is 9.48.